The summed E-state index contributed by atoms with van der Waals surface area (Å²) >= 11 is 0. The van der Waals surface area contributed by atoms with Crippen molar-refractivity contribution >= 4 is 23.7 Å². The van der Waals surface area contributed by atoms with Gasteiger partial charge < -0.3 is 40.6 Å². The largest absolute Gasteiger partial charge is 0.494 e. The minimum Gasteiger partial charge on any atom is -0.494 e. The predicted octanol–water partition coefficient (Wildman–Crippen LogP) is 6.50. The monoisotopic (exact) mass is 678 g/mol. The molecule has 0 aliphatic rings. The zero-order chi connectivity index (χ0) is 36.4. The third-order valence-electron chi connectivity index (χ3n) is 7.08. The number of benzene rings is 3. The number of carboxylic acids is 1. The number of carbonyl (C=O) groups is 3. The van der Waals surface area contributed by atoms with E-state index in [-0.39, 0.29) is 12.5 Å². The molecule has 268 valence electrons. The Labute approximate surface area is 291 Å². The number of ether oxygens (including phenoxy) is 3. The highest BCUT2D eigenvalue weighted by Crippen LogP contribution is 2.23. The van der Waals surface area contributed by atoms with Crippen molar-refractivity contribution in [1.29, 1.82) is 0 Å². The molecule has 49 heavy (non-hydrogen) atoms. The Morgan fingerprint density at radius 2 is 1.51 bits per heavy atom. The third-order valence-corrected chi connectivity index (χ3v) is 7.08. The summed E-state index contributed by atoms with van der Waals surface area (Å²) in [4.78, 5) is 37.2. The standard InChI is InChI=1S/C21H25NO5.C17H29N3O2/c1-21(2,3)27-20(25)22-18(19(23)24)13-15-9-11-17(12-10-15)26-14-16-7-5-4-6-8-16;1-5-20(6-2)10-7-11-22-14-8-9-16(19-13(3)4)15(12-14)17(18)21/h4-12,18H,13-14H2,1-3H3,(H,22,25)(H,23,24);8-9,12-13,19H,5-7,10-11H2,1-4H3,(H2,18,21)/t18-;/m1./s1. The van der Waals surface area contributed by atoms with E-state index < -0.39 is 29.6 Å². The van der Waals surface area contributed by atoms with E-state index in [1.807, 2.05) is 56.3 Å². The molecule has 0 unspecified atom stereocenters. The van der Waals surface area contributed by atoms with E-state index in [1.54, 1.807) is 51.1 Å². The van der Waals surface area contributed by atoms with Crippen molar-refractivity contribution in [2.75, 3.05) is 31.6 Å². The molecule has 0 saturated carbocycles. The van der Waals surface area contributed by atoms with Crippen LogP contribution in [0.25, 0.3) is 0 Å². The average molecular weight is 679 g/mol. The van der Waals surface area contributed by atoms with Gasteiger partial charge in [-0.05, 0) is 95.6 Å². The van der Waals surface area contributed by atoms with Gasteiger partial charge in [0.25, 0.3) is 5.91 Å². The van der Waals surface area contributed by atoms with Crippen LogP contribution in [0.4, 0.5) is 10.5 Å². The first-order valence-corrected chi connectivity index (χ1v) is 16.7. The Hall–Kier alpha value is -4.77. The van der Waals surface area contributed by atoms with E-state index in [4.69, 9.17) is 19.9 Å². The van der Waals surface area contributed by atoms with E-state index in [9.17, 15) is 19.5 Å². The zero-order valence-electron chi connectivity index (χ0n) is 30.0. The third kappa shape index (κ3) is 16.3. The first-order chi connectivity index (χ1) is 23.2. The fourth-order valence-corrected chi connectivity index (χ4v) is 4.62. The molecule has 3 rings (SSSR count). The number of carbonyl (C=O) groups excluding carboxylic acids is 2. The molecule has 3 aromatic carbocycles. The van der Waals surface area contributed by atoms with Crippen LogP contribution in [0.2, 0.25) is 0 Å². The van der Waals surface area contributed by atoms with Crippen LogP contribution >= 0.6 is 0 Å². The number of rotatable bonds is 17. The van der Waals surface area contributed by atoms with E-state index in [0.29, 0.717) is 30.3 Å². The van der Waals surface area contributed by atoms with Crippen LogP contribution in [-0.2, 0) is 22.6 Å². The smallest absolute Gasteiger partial charge is 0.408 e. The first kappa shape index (κ1) is 40.4. The Balaban J connectivity index is 0.000000348. The summed E-state index contributed by atoms with van der Waals surface area (Å²) in [6.45, 7) is 17.7. The normalized spacial score (nSPS) is 11.6. The summed E-state index contributed by atoms with van der Waals surface area (Å²) in [5, 5.41) is 15.0. The summed E-state index contributed by atoms with van der Waals surface area (Å²) in [6, 6.07) is 21.5. The van der Waals surface area contributed by atoms with Gasteiger partial charge in [0.15, 0.2) is 0 Å². The SMILES string of the molecule is CC(C)(C)OC(=O)N[C@H](Cc1ccc(OCc2ccccc2)cc1)C(=O)O.CCN(CC)CCCOc1ccc(NC(C)C)c(C(N)=O)c1. The molecule has 0 radical (unpaired) electrons. The van der Waals surface area contributed by atoms with Gasteiger partial charge in [0, 0.05) is 24.7 Å². The molecule has 0 spiro atoms. The highest BCUT2D eigenvalue weighted by Gasteiger charge is 2.24. The second-order valence-corrected chi connectivity index (χ2v) is 12.8. The number of carboxylic acid groups (broad SMARTS) is 1. The Morgan fingerprint density at radius 1 is 0.878 bits per heavy atom. The van der Waals surface area contributed by atoms with Crippen LogP contribution in [0.15, 0.2) is 72.8 Å². The van der Waals surface area contributed by atoms with Crippen molar-refractivity contribution in [1.82, 2.24) is 10.2 Å². The molecule has 0 fully saturated rings. The maximum atomic E-state index is 11.8. The molecule has 0 heterocycles. The van der Waals surface area contributed by atoms with Gasteiger partial charge in [0.1, 0.15) is 29.7 Å². The Morgan fingerprint density at radius 3 is 2.06 bits per heavy atom. The lowest BCUT2D eigenvalue weighted by atomic mass is 10.1. The van der Waals surface area contributed by atoms with Gasteiger partial charge in [-0.3, -0.25) is 4.79 Å². The molecule has 0 bridgehead atoms. The predicted molar refractivity (Wildman–Crippen MR) is 193 cm³/mol. The van der Waals surface area contributed by atoms with Crippen molar-refractivity contribution in [2.45, 2.75) is 85.6 Å². The van der Waals surface area contributed by atoms with Gasteiger partial charge in [0.05, 0.1) is 12.2 Å². The molecular weight excluding hydrogens is 624 g/mol. The summed E-state index contributed by atoms with van der Waals surface area (Å²) in [5.41, 5.74) is 7.81. The maximum absolute atomic E-state index is 11.8. The van der Waals surface area contributed by atoms with Crippen LogP contribution in [0.1, 0.15) is 76.4 Å². The van der Waals surface area contributed by atoms with Crippen LogP contribution in [0.3, 0.4) is 0 Å². The van der Waals surface area contributed by atoms with Crippen LogP contribution in [0, 0.1) is 0 Å². The van der Waals surface area contributed by atoms with Gasteiger partial charge >= 0.3 is 12.1 Å². The summed E-state index contributed by atoms with van der Waals surface area (Å²) in [5.74, 6) is -0.195. The number of nitrogens with two attached hydrogens (primary N) is 1. The fourth-order valence-electron chi connectivity index (χ4n) is 4.62. The second kappa shape index (κ2) is 20.6. The average Bonchev–Trinajstić information content (AvgIpc) is 3.04. The highest BCUT2D eigenvalue weighted by atomic mass is 16.6. The van der Waals surface area contributed by atoms with Gasteiger partial charge in [0.2, 0.25) is 0 Å². The number of anilines is 1. The molecule has 11 heteroatoms. The molecule has 3 aromatic rings. The highest BCUT2D eigenvalue weighted by molar-refractivity contribution is 5.99. The first-order valence-electron chi connectivity index (χ1n) is 16.7. The Kier molecular flexibility index (Phi) is 17.0. The minimum absolute atomic E-state index is 0.146. The van der Waals surface area contributed by atoms with Crippen molar-refractivity contribution in [3.8, 4) is 11.5 Å². The lowest BCUT2D eigenvalue weighted by molar-refractivity contribution is -0.139. The van der Waals surface area contributed by atoms with Gasteiger partial charge in [-0.1, -0.05) is 56.3 Å². The van der Waals surface area contributed by atoms with E-state index in [0.717, 1.165) is 42.9 Å². The molecule has 2 amide bonds. The molecule has 5 N–H and O–H groups in total. The number of hydrogen-bond acceptors (Lipinski definition) is 8. The topological polar surface area (TPSA) is 152 Å². The van der Waals surface area contributed by atoms with Crippen LogP contribution < -0.4 is 25.8 Å². The van der Waals surface area contributed by atoms with E-state index in [2.05, 4.69) is 29.4 Å². The summed E-state index contributed by atoms with van der Waals surface area (Å²) < 4.78 is 16.6. The molecule has 0 aromatic heterocycles. The second-order valence-electron chi connectivity index (χ2n) is 12.8. The fraction of sp³-hybridized carbons (Fsp3) is 0.447. The van der Waals surface area contributed by atoms with Crippen molar-refractivity contribution < 1.29 is 33.7 Å². The number of amides is 2. The molecule has 0 aliphatic heterocycles. The van der Waals surface area contributed by atoms with Gasteiger partial charge in [-0.15, -0.1) is 0 Å². The maximum Gasteiger partial charge on any atom is 0.408 e. The number of nitrogens with zero attached hydrogens (tertiary/aromatic N) is 1. The van der Waals surface area contributed by atoms with E-state index >= 15 is 0 Å². The summed E-state index contributed by atoms with van der Waals surface area (Å²) in [6.07, 6.45) is 0.352. The summed E-state index contributed by atoms with van der Waals surface area (Å²) in [7, 11) is 0. The van der Waals surface area contributed by atoms with Crippen molar-refractivity contribution in [3.63, 3.8) is 0 Å². The minimum atomic E-state index is -1.12. The lowest BCUT2D eigenvalue weighted by Gasteiger charge is -2.22. The number of alkyl carbamates (subject to hydrolysis) is 1. The molecule has 0 saturated heterocycles. The van der Waals surface area contributed by atoms with Crippen molar-refractivity contribution in [2.24, 2.45) is 5.73 Å². The Bertz CT molecular complexity index is 1440. The molecule has 11 nitrogen and oxygen atoms in total. The van der Waals surface area contributed by atoms with Crippen LogP contribution in [-0.4, -0.2) is 71.9 Å². The van der Waals surface area contributed by atoms with Gasteiger partial charge in [-0.25, -0.2) is 9.59 Å². The lowest BCUT2D eigenvalue weighted by Crippen LogP contribution is -2.44. The number of aliphatic carboxylic acids is 1. The number of primary amides is 1. The number of hydrogen-bond donors (Lipinski definition) is 4. The zero-order valence-corrected chi connectivity index (χ0v) is 30.0. The number of nitrogens with one attached hydrogen (secondary N) is 2. The van der Waals surface area contributed by atoms with E-state index in [1.165, 1.54) is 0 Å². The molecule has 0 aliphatic carbocycles. The van der Waals surface area contributed by atoms with Crippen LogP contribution in [0.5, 0.6) is 11.5 Å². The molecule has 1 atom stereocenters. The van der Waals surface area contributed by atoms with Crippen molar-refractivity contribution in [3.05, 3.63) is 89.5 Å². The quantitative estimate of drug-likeness (QED) is 0.117. The molecular formula is C38H54N4O7. The van der Waals surface area contributed by atoms with Gasteiger partial charge in [-0.2, -0.15) is 0 Å².